The van der Waals surface area contributed by atoms with Crippen LogP contribution in [0.15, 0.2) is 36.7 Å². The Bertz CT molecular complexity index is 462. The largest absolute Gasteiger partial charge is 0.264 e. The summed E-state index contributed by atoms with van der Waals surface area (Å²) >= 11 is 3.69. The van der Waals surface area contributed by atoms with Crippen molar-refractivity contribution in [2.75, 3.05) is 0 Å². The van der Waals surface area contributed by atoms with Gasteiger partial charge >= 0.3 is 0 Å². The summed E-state index contributed by atoms with van der Waals surface area (Å²) < 4.78 is 0. The third-order valence-corrected chi connectivity index (χ3v) is 4.05. The Kier molecular flexibility index (Phi) is 3.94. The van der Waals surface area contributed by atoms with Gasteiger partial charge in [0.2, 0.25) is 0 Å². The first-order valence-electron chi connectivity index (χ1n) is 5.77. The van der Waals surface area contributed by atoms with Crippen LogP contribution in [0.1, 0.15) is 25.3 Å². The van der Waals surface area contributed by atoms with Gasteiger partial charge in [0.1, 0.15) is 0 Å². The van der Waals surface area contributed by atoms with Gasteiger partial charge in [-0.2, -0.15) is 0 Å². The van der Waals surface area contributed by atoms with E-state index in [0.29, 0.717) is 4.83 Å². The van der Waals surface area contributed by atoms with Crippen molar-refractivity contribution in [2.45, 2.75) is 31.0 Å². The second kappa shape index (κ2) is 5.44. The van der Waals surface area contributed by atoms with Gasteiger partial charge in [-0.3, -0.25) is 4.98 Å². The summed E-state index contributed by atoms with van der Waals surface area (Å²) in [6, 6.07) is 8.57. The van der Waals surface area contributed by atoms with Crippen molar-refractivity contribution < 1.29 is 0 Å². The monoisotopic (exact) mass is 277 g/mol. The van der Waals surface area contributed by atoms with Gasteiger partial charge in [-0.1, -0.05) is 41.1 Å². The molecule has 0 saturated carbocycles. The fraction of sp³-hybridized carbons (Fsp3) is 0.357. The number of aryl methyl sites for hydroxylation is 1. The Hall–Kier alpha value is -0.890. The number of benzene rings is 1. The van der Waals surface area contributed by atoms with Gasteiger partial charge in [0.15, 0.2) is 0 Å². The molecule has 1 unspecified atom stereocenters. The lowest BCUT2D eigenvalue weighted by Gasteiger charge is -2.08. The molecule has 1 aromatic heterocycles. The molecule has 2 rings (SSSR count). The molecule has 16 heavy (non-hydrogen) atoms. The number of hydrogen-bond acceptors (Lipinski definition) is 1. The lowest BCUT2D eigenvalue weighted by Crippen LogP contribution is -1.98. The van der Waals surface area contributed by atoms with Gasteiger partial charge in [-0.05, 0) is 36.3 Å². The van der Waals surface area contributed by atoms with Gasteiger partial charge in [0.25, 0.3) is 0 Å². The highest BCUT2D eigenvalue weighted by Gasteiger charge is 2.04. The molecule has 1 atom stereocenters. The standard InChI is InChI=1S/C14H16BrN/c1-2-13(15)7-6-11-4-3-5-12-10-16-9-8-14(11)12/h3-5,8-10,13H,2,6-7H2,1H3. The van der Waals surface area contributed by atoms with Crippen LogP contribution in [0.3, 0.4) is 0 Å². The van der Waals surface area contributed by atoms with E-state index in [4.69, 9.17) is 0 Å². The number of alkyl halides is 1. The molecule has 84 valence electrons. The van der Waals surface area contributed by atoms with E-state index >= 15 is 0 Å². The van der Waals surface area contributed by atoms with Crippen molar-refractivity contribution in [3.8, 4) is 0 Å². The van der Waals surface area contributed by atoms with Crippen molar-refractivity contribution in [3.05, 3.63) is 42.2 Å². The smallest absolute Gasteiger partial charge is 0.0346 e. The predicted molar refractivity (Wildman–Crippen MR) is 73.1 cm³/mol. The Morgan fingerprint density at radius 1 is 1.31 bits per heavy atom. The first-order chi connectivity index (χ1) is 7.81. The number of fused-ring (bicyclic) bond motifs is 1. The Labute approximate surface area is 105 Å². The minimum Gasteiger partial charge on any atom is -0.264 e. The fourth-order valence-electron chi connectivity index (χ4n) is 1.92. The topological polar surface area (TPSA) is 12.9 Å². The summed E-state index contributed by atoms with van der Waals surface area (Å²) in [5.41, 5.74) is 1.43. The zero-order chi connectivity index (χ0) is 11.4. The quantitative estimate of drug-likeness (QED) is 0.758. The average Bonchev–Trinajstić information content (AvgIpc) is 2.35. The van der Waals surface area contributed by atoms with E-state index in [1.807, 2.05) is 12.4 Å². The molecule has 0 saturated heterocycles. The van der Waals surface area contributed by atoms with Crippen molar-refractivity contribution in [1.29, 1.82) is 0 Å². The van der Waals surface area contributed by atoms with Crippen LogP contribution in [0, 0.1) is 0 Å². The van der Waals surface area contributed by atoms with Crippen LogP contribution in [0.4, 0.5) is 0 Å². The first-order valence-corrected chi connectivity index (χ1v) is 6.68. The zero-order valence-electron chi connectivity index (χ0n) is 9.49. The van der Waals surface area contributed by atoms with E-state index in [2.05, 4.69) is 52.1 Å². The molecule has 1 heterocycles. The maximum absolute atomic E-state index is 4.16. The minimum absolute atomic E-state index is 0.629. The highest BCUT2D eigenvalue weighted by Crippen LogP contribution is 2.21. The average molecular weight is 278 g/mol. The molecule has 0 aliphatic rings. The number of pyridine rings is 1. The molecule has 0 N–H and O–H groups in total. The molecule has 0 radical (unpaired) electrons. The first kappa shape index (κ1) is 11.6. The van der Waals surface area contributed by atoms with Crippen LogP contribution in [0.25, 0.3) is 10.8 Å². The third kappa shape index (κ3) is 2.62. The summed E-state index contributed by atoms with van der Waals surface area (Å²) in [7, 11) is 0. The summed E-state index contributed by atoms with van der Waals surface area (Å²) in [6.07, 6.45) is 7.32. The summed E-state index contributed by atoms with van der Waals surface area (Å²) in [6.45, 7) is 2.21. The molecule has 0 spiro atoms. The van der Waals surface area contributed by atoms with Gasteiger partial charge in [-0.15, -0.1) is 0 Å². The zero-order valence-corrected chi connectivity index (χ0v) is 11.1. The van der Waals surface area contributed by atoms with Crippen molar-refractivity contribution in [3.63, 3.8) is 0 Å². The predicted octanol–water partition coefficient (Wildman–Crippen LogP) is 4.34. The van der Waals surface area contributed by atoms with Crippen LogP contribution in [-0.4, -0.2) is 9.81 Å². The molecule has 0 amide bonds. The van der Waals surface area contributed by atoms with Crippen molar-refractivity contribution in [2.24, 2.45) is 0 Å². The van der Waals surface area contributed by atoms with Crippen LogP contribution < -0.4 is 0 Å². The van der Waals surface area contributed by atoms with Gasteiger partial charge in [-0.25, -0.2) is 0 Å². The second-order valence-electron chi connectivity index (χ2n) is 4.06. The second-order valence-corrected chi connectivity index (χ2v) is 5.35. The third-order valence-electron chi connectivity index (χ3n) is 2.94. The molecule has 1 nitrogen and oxygen atoms in total. The number of aromatic nitrogens is 1. The van der Waals surface area contributed by atoms with Crippen molar-refractivity contribution in [1.82, 2.24) is 4.98 Å². The lowest BCUT2D eigenvalue weighted by atomic mass is 10.0. The molecule has 2 aromatic rings. The molecule has 0 bridgehead atoms. The summed E-state index contributed by atoms with van der Waals surface area (Å²) in [4.78, 5) is 4.79. The van der Waals surface area contributed by atoms with Gasteiger partial charge in [0, 0.05) is 22.6 Å². The van der Waals surface area contributed by atoms with Crippen LogP contribution in [0.2, 0.25) is 0 Å². The molecule has 0 aliphatic carbocycles. The summed E-state index contributed by atoms with van der Waals surface area (Å²) in [5.74, 6) is 0. The normalized spacial score (nSPS) is 12.9. The van der Waals surface area contributed by atoms with Crippen LogP contribution >= 0.6 is 15.9 Å². The van der Waals surface area contributed by atoms with Crippen LogP contribution in [0.5, 0.6) is 0 Å². The Balaban J connectivity index is 2.23. The number of rotatable bonds is 4. The van der Waals surface area contributed by atoms with Crippen molar-refractivity contribution >= 4 is 26.7 Å². The highest BCUT2D eigenvalue weighted by atomic mass is 79.9. The molecular weight excluding hydrogens is 262 g/mol. The molecular formula is C14H16BrN. The number of halogens is 1. The van der Waals surface area contributed by atoms with E-state index < -0.39 is 0 Å². The SMILES string of the molecule is CCC(Br)CCc1cccc2cnccc12. The van der Waals surface area contributed by atoms with E-state index in [0.717, 1.165) is 6.42 Å². The van der Waals surface area contributed by atoms with E-state index in [1.165, 1.54) is 29.2 Å². The minimum atomic E-state index is 0.629. The van der Waals surface area contributed by atoms with Gasteiger partial charge in [0.05, 0.1) is 0 Å². The lowest BCUT2D eigenvalue weighted by molar-refractivity contribution is 0.749. The van der Waals surface area contributed by atoms with E-state index in [9.17, 15) is 0 Å². The number of nitrogens with zero attached hydrogens (tertiary/aromatic N) is 1. The molecule has 1 aromatic carbocycles. The maximum Gasteiger partial charge on any atom is 0.0346 e. The highest BCUT2D eigenvalue weighted by molar-refractivity contribution is 9.09. The maximum atomic E-state index is 4.16. The van der Waals surface area contributed by atoms with E-state index in [1.54, 1.807) is 0 Å². The van der Waals surface area contributed by atoms with Gasteiger partial charge < -0.3 is 0 Å². The van der Waals surface area contributed by atoms with Crippen LogP contribution in [-0.2, 0) is 6.42 Å². The Morgan fingerprint density at radius 3 is 3.00 bits per heavy atom. The van der Waals surface area contributed by atoms with E-state index in [-0.39, 0.29) is 0 Å². The Morgan fingerprint density at radius 2 is 2.19 bits per heavy atom. The number of hydrogen-bond donors (Lipinski definition) is 0. The fourth-order valence-corrected chi connectivity index (χ4v) is 2.15. The summed E-state index contributed by atoms with van der Waals surface area (Å²) in [5, 5.41) is 2.58. The molecule has 0 fully saturated rings. The molecule has 2 heteroatoms. The molecule has 0 aliphatic heterocycles.